The quantitative estimate of drug-likeness (QED) is 0.600. The molecule has 0 aromatic heterocycles. The van der Waals surface area contributed by atoms with Gasteiger partial charge < -0.3 is 18.9 Å². The molecular formula is C11H16O4. The number of rotatable bonds is 1. The van der Waals surface area contributed by atoms with Crippen LogP contribution in [0.3, 0.4) is 0 Å². The Morgan fingerprint density at radius 3 is 2.80 bits per heavy atom. The van der Waals surface area contributed by atoms with Gasteiger partial charge in [-0.25, -0.2) is 0 Å². The van der Waals surface area contributed by atoms with Crippen LogP contribution in [0.2, 0.25) is 0 Å². The first kappa shape index (κ1) is 8.93. The van der Waals surface area contributed by atoms with Crippen molar-refractivity contribution in [1.82, 2.24) is 0 Å². The minimum atomic E-state index is -0.441. The van der Waals surface area contributed by atoms with Crippen LogP contribution in [0.1, 0.15) is 19.3 Å². The average Bonchev–Trinajstić information content (AvgIpc) is 2.84. The maximum Gasteiger partial charge on any atom is 0.198 e. The molecule has 2 aliphatic carbocycles. The molecule has 0 unspecified atom stereocenters. The lowest BCUT2D eigenvalue weighted by Crippen LogP contribution is -2.73. The minimum absolute atomic E-state index is 0.221. The van der Waals surface area contributed by atoms with Crippen molar-refractivity contribution in [3.63, 3.8) is 0 Å². The molecule has 4 nitrogen and oxygen atoms in total. The molecule has 0 amide bonds. The van der Waals surface area contributed by atoms with Crippen molar-refractivity contribution in [2.45, 2.75) is 42.9 Å². The monoisotopic (exact) mass is 212 g/mol. The van der Waals surface area contributed by atoms with E-state index < -0.39 is 5.79 Å². The molecule has 2 aliphatic heterocycles. The first-order chi connectivity index (χ1) is 7.31. The number of fused-ring (bicyclic) bond motifs is 4. The molecule has 0 aromatic rings. The van der Waals surface area contributed by atoms with Gasteiger partial charge in [0.2, 0.25) is 0 Å². The number of methoxy groups -OCH3 is 1. The van der Waals surface area contributed by atoms with Crippen molar-refractivity contribution >= 4 is 0 Å². The second-order valence-electron chi connectivity index (χ2n) is 5.03. The van der Waals surface area contributed by atoms with Gasteiger partial charge in [-0.3, -0.25) is 0 Å². The van der Waals surface area contributed by atoms with Crippen LogP contribution in [0.25, 0.3) is 0 Å². The van der Waals surface area contributed by atoms with Gasteiger partial charge in [0.05, 0.1) is 25.4 Å². The highest BCUT2D eigenvalue weighted by Crippen LogP contribution is 2.64. The van der Waals surface area contributed by atoms with Crippen LogP contribution in [0.4, 0.5) is 0 Å². The van der Waals surface area contributed by atoms with E-state index in [1.807, 2.05) is 0 Å². The van der Waals surface area contributed by atoms with Crippen molar-refractivity contribution in [1.29, 1.82) is 0 Å². The highest BCUT2D eigenvalue weighted by molar-refractivity contribution is 5.21. The van der Waals surface area contributed by atoms with E-state index in [1.54, 1.807) is 7.11 Å². The maximum absolute atomic E-state index is 5.80. The Kier molecular flexibility index (Phi) is 1.53. The van der Waals surface area contributed by atoms with Crippen LogP contribution < -0.4 is 0 Å². The van der Waals surface area contributed by atoms with E-state index in [4.69, 9.17) is 18.9 Å². The third-order valence-electron chi connectivity index (χ3n) is 4.67. The van der Waals surface area contributed by atoms with Gasteiger partial charge >= 0.3 is 0 Å². The molecule has 4 atom stereocenters. The van der Waals surface area contributed by atoms with Crippen LogP contribution in [0, 0.1) is 5.92 Å². The van der Waals surface area contributed by atoms with Gasteiger partial charge in [-0.2, -0.15) is 0 Å². The van der Waals surface area contributed by atoms with E-state index in [1.165, 1.54) is 0 Å². The zero-order valence-corrected chi connectivity index (χ0v) is 8.90. The largest absolute Gasteiger partial charge is 0.372 e. The molecule has 2 heterocycles. The first-order valence-corrected chi connectivity index (χ1v) is 5.80. The summed E-state index contributed by atoms with van der Waals surface area (Å²) in [6, 6.07) is 0. The fourth-order valence-corrected chi connectivity index (χ4v) is 3.86. The first-order valence-electron chi connectivity index (χ1n) is 5.80. The molecule has 2 saturated carbocycles. The Balaban J connectivity index is 1.69. The van der Waals surface area contributed by atoms with E-state index >= 15 is 0 Å². The van der Waals surface area contributed by atoms with Gasteiger partial charge in [-0.05, 0) is 12.8 Å². The number of epoxide rings is 1. The highest BCUT2D eigenvalue weighted by Gasteiger charge is 2.77. The lowest BCUT2D eigenvalue weighted by molar-refractivity contribution is -0.369. The molecule has 84 valence electrons. The summed E-state index contributed by atoms with van der Waals surface area (Å²) in [6.45, 7) is 1.40. The van der Waals surface area contributed by atoms with E-state index in [2.05, 4.69) is 0 Å². The van der Waals surface area contributed by atoms with Crippen molar-refractivity contribution in [2.24, 2.45) is 5.92 Å². The Morgan fingerprint density at radius 1 is 1.27 bits per heavy atom. The normalized spacial score (nSPS) is 54.6. The van der Waals surface area contributed by atoms with Gasteiger partial charge in [0.1, 0.15) is 5.60 Å². The molecule has 4 rings (SSSR count). The molecule has 4 aliphatic rings. The third-order valence-corrected chi connectivity index (χ3v) is 4.67. The predicted molar refractivity (Wildman–Crippen MR) is 50.4 cm³/mol. The Labute approximate surface area is 88.8 Å². The van der Waals surface area contributed by atoms with Gasteiger partial charge in [0, 0.05) is 19.4 Å². The highest BCUT2D eigenvalue weighted by atomic mass is 16.8. The Bertz CT molecular complexity index is 299. The molecule has 0 bridgehead atoms. The minimum Gasteiger partial charge on any atom is -0.372 e. The van der Waals surface area contributed by atoms with Gasteiger partial charge in [0.15, 0.2) is 5.79 Å². The molecule has 0 N–H and O–H groups in total. The Hall–Kier alpha value is -0.160. The zero-order valence-electron chi connectivity index (χ0n) is 8.90. The predicted octanol–water partition coefficient (Wildman–Crippen LogP) is 0.696. The smallest absolute Gasteiger partial charge is 0.198 e. The van der Waals surface area contributed by atoms with Crippen LogP contribution >= 0.6 is 0 Å². The van der Waals surface area contributed by atoms with Gasteiger partial charge in [0.25, 0.3) is 0 Å². The molecule has 1 spiro atoms. The van der Waals surface area contributed by atoms with Crippen molar-refractivity contribution in [3.8, 4) is 0 Å². The molecule has 0 radical (unpaired) electrons. The fraction of sp³-hybridized carbons (Fsp3) is 1.00. The summed E-state index contributed by atoms with van der Waals surface area (Å²) in [5.41, 5.74) is -0.221. The number of hydrogen-bond acceptors (Lipinski definition) is 4. The molecule has 4 fully saturated rings. The van der Waals surface area contributed by atoms with E-state index in [0.717, 1.165) is 19.3 Å². The number of ether oxygens (including phenoxy) is 4. The summed E-state index contributed by atoms with van der Waals surface area (Å²) < 4.78 is 23.0. The summed E-state index contributed by atoms with van der Waals surface area (Å²) in [5, 5.41) is 0. The summed E-state index contributed by atoms with van der Waals surface area (Å²) in [7, 11) is 1.78. The second-order valence-corrected chi connectivity index (χ2v) is 5.03. The third kappa shape index (κ3) is 0.848. The van der Waals surface area contributed by atoms with Crippen LogP contribution in [0.5, 0.6) is 0 Å². The molecule has 2 saturated heterocycles. The van der Waals surface area contributed by atoms with Gasteiger partial charge in [-0.1, -0.05) is 0 Å². The summed E-state index contributed by atoms with van der Waals surface area (Å²) in [6.07, 6.45) is 3.95. The summed E-state index contributed by atoms with van der Waals surface area (Å²) >= 11 is 0. The zero-order chi connectivity index (χ0) is 10.1. The van der Waals surface area contributed by atoms with E-state index in [-0.39, 0.29) is 5.60 Å². The molecule has 15 heavy (non-hydrogen) atoms. The fourth-order valence-electron chi connectivity index (χ4n) is 3.86. The SMILES string of the molecule is CO[C@]12CC[C@@H]3O[C@@H]3[C@H]1CC21OCCO1. The van der Waals surface area contributed by atoms with E-state index in [0.29, 0.717) is 31.3 Å². The topological polar surface area (TPSA) is 40.2 Å². The number of hydrogen-bond donors (Lipinski definition) is 0. The van der Waals surface area contributed by atoms with Crippen LogP contribution in [0.15, 0.2) is 0 Å². The van der Waals surface area contributed by atoms with E-state index in [9.17, 15) is 0 Å². The molecular weight excluding hydrogens is 196 g/mol. The van der Waals surface area contributed by atoms with Crippen molar-refractivity contribution < 1.29 is 18.9 Å². The molecule has 0 aromatic carbocycles. The van der Waals surface area contributed by atoms with Gasteiger partial charge in [-0.15, -0.1) is 0 Å². The lowest BCUT2D eigenvalue weighted by atomic mass is 9.57. The summed E-state index contributed by atoms with van der Waals surface area (Å²) in [5.74, 6) is 0.0444. The second kappa shape index (κ2) is 2.56. The molecule has 4 heteroatoms. The van der Waals surface area contributed by atoms with Crippen molar-refractivity contribution in [3.05, 3.63) is 0 Å². The standard InChI is InChI=1S/C11H16O4/c1-12-10-3-2-8-9(15-8)7(10)6-11(10)13-4-5-14-11/h7-9H,2-6H2,1H3/t7-,8+,9-,10-/m1/s1. The lowest BCUT2D eigenvalue weighted by Gasteiger charge is -2.60. The van der Waals surface area contributed by atoms with Crippen LogP contribution in [-0.4, -0.2) is 43.9 Å². The average molecular weight is 212 g/mol. The van der Waals surface area contributed by atoms with Crippen LogP contribution in [-0.2, 0) is 18.9 Å². The summed E-state index contributed by atoms with van der Waals surface area (Å²) in [4.78, 5) is 0. The van der Waals surface area contributed by atoms with Crippen molar-refractivity contribution in [2.75, 3.05) is 20.3 Å². The maximum atomic E-state index is 5.80. The Morgan fingerprint density at radius 2 is 2.07 bits per heavy atom.